The Hall–Kier alpha value is -2.08. The molecule has 1 aromatic carbocycles. The summed E-state index contributed by atoms with van der Waals surface area (Å²) < 4.78 is 22.5. The van der Waals surface area contributed by atoms with Crippen molar-refractivity contribution in [3.05, 3.63) is 48.3 Å². The third kappa shape index (κ3) is 2.78. The van der Waals surface area contributed by atoms with Crippen LogP contribution in [0.4, 0.5) is 5.69 Å². The highest BCUT2D eigenvalue weighted by Crippen LogP contribution is 2.14. The van der Waals surface area contributed by atoms with E-state index in [0.717, 1.165) is 6.26 Å². The molecule has 2 N–H and O–H groups in total. The lowest BCUT2D eigenvalue weighted by molar-refractivity contribution is 0.102. The Labute approximate surface area is 105 Å². The molecule has 0 atom stereocenters. The standard InChI is InChI=1S/C12H12N2O3S/c1-18(16,17)10-6-4-9(5-7-10)14-12(15)11-3-2-8-13-11/h2-8,13H,1H3,(H,14,15). The largest absolute Gasteiger partial charge is 0.357 e. The first-order valence-corrected chi connectivity index (χ1v) is 7.11. The molecule has 0 unspecified atom stereocenters. The summed E-state index contributed by atoms with van der Waals surface area (Å²) in [5, 5.41) is 2.66. The van der Waals surface area contributed by atoms with Crippen molar-refractivity contribution in [1.82, 2.24) is 4.98 Å². The maximum Gasteiger partial charge on any atom is 0.272 e. The van der Waals surface area contributed by atoms with Crippen LogP contribution in [0.1, 0.15) is 10.5 Å². The Kier molecular flexibility index (Phi) is 3.20. The second-order valence-corrected chi connectivity index (χ2v) is 5.85. The molecule has 2 aromatic rings. The first-order valence-electron chi connectivity index (χ1n) is 5.22. The van der Waals surface area contributed by atoms with Gasteiger partial charge in [0.1, 0.15) is 5.69 Å². The highest BCUT2D eigenvalue weighted by Gasteiger charge is 2.08. The number of aromatic nitrogens is 1. The lowest BCUT2D eigenvalue weighted by Gasteiger charge is -2.04. The van der Waals surface area contributed by atoms with Crippen LogP contribution in [-0.2, 0) is 9.84 Å². The van der Waals surface area contributed by atoms with Crippen LogP contribution in [0.15, 0.2) is 47.5 Å². The van der Waals surface area contributed by atoms with E-state index < -0.39 is 9.84 Å². The van der Waals surface area contributed by atoms with Crippen molar-refractivity contribution in [2.45, 2.75) is 4.90 Å². The smallest absolute Gasteiger partial charge is 0.272 e. The third-order valence-electron chi connectivity index (χ3n) is 2.38. The van der Waals surface area contributed by atoms with Crippen molar-refractivity contribution in [3.8, 4) is 0 Å². The minimum atomic E-state index is -3.21. The van der Waals surface area contributed by atoms with Gasteiger partial charge < -0.3 is 10.3 Å². The normalized spacial score (nSPS) is 11.2. The van der Waals surface area contributed by atoms with E-state index >= 15 is 0 Å². The van der Waals surface area contributed by atoms with Crippen LogP contribution >= 0.6 is 0 Å². The zero-order chi connectivity index (χ0) is 13.2. The molecular formula is C12H12N2O3S. The number of carbonyl (C=O) groups excluding carboxylic acids is 1. The number of hydrogen-bond donors (Lipinski definition) is 2. The molecule has 0 aliphatic rings. The quantitative estimate of drug-likeness (QED) is 0.885. The number of nitrogens with one attached hydrogen (secondary N) is 2. The fourth-order valence-electron chi connectivity index (χ4n) is 1.46. The number of H-pyrrole nitrogens is 1. The molecule has 5 nitrogen and oxygen atoms in total. The van der Waals surface area contributed by atoms with Gasteiger partial charge in [0, 0.05) is 18.1 Å². The van der Waals surface area contributed by atoms with Crippen LogP contribution in [0.25, 0.3) is 0 Å². The number of aromatic amines is 1. The Morgan fingerprint density at radius 2 is 1.83 bits per heavy atom. The summed E-state index contributed by atoms with van der Waals surface area (Å²) in [5.74, 6) is -0.271. The van der Waals surface area contributed by atoms with Crippen molar-refractivity contribution < 1.29 is 13.2 Å². The molecule has 0 saturated carbocycles. The van der Waals surface area contributed by atoms with Gasteiger partial charge in [-0.25, -0.2) is 8.42 Å². The first kappa shape index (κ1) is 12.4. The van der Waals surface area contributed by atoms with E-state index in [4.69, 9.17) is 0 Å². The van der Waals surface area contributed by atoms with E-state index in [1.807, 2.05) is 0 Å². The highest BCUT2D eigenvalue weighted by atomic mass is 32.2. The molecule has 0 bridgehead atoms. The first-order chi connectivity index (χ1) is 8.47. The summed E-state index contributed by atoms with van der Waals surface area (Å²) in [5.41, 5.74) is 0.990. The molecule has 0 spiro atoms. The predicted octanol–water partition coefficient (Wildman–Crippen LogP) is 1.67. The van der Waals surface area contributed by atoms with E-state index in [-0.39, 0.29) is 10.8 Å². The Morgan fingerprint density at radius 1 is 1.17 bits per heavy atom. The van der Waals surface area contributed by atoms with Crippen molar-refractivity contribution in [1.29, 1.82) is 0 Å². The van der Waals surface area contributed by atoms with Gasteiger partial charge in [-0.1, -0.05) is 0 Å². The average molecular weight is 264 g/mol. The van der Waals surface area contributed by atoms with E-state index in [9.17, 15) is 13.2 Å². The second kappa shape index (κ2) is 4.66. The average Bonchev–Trinajstić information content (AvgIpc) is 2.82. The maximum absolute atomic E-state index is 11.7. The lowest BCUT2D eigenvalue weighted by Crippen LogP contribution is -2.12. The molecule has 1 aromatic heterocycles. The molecular weight excluding hydrogens is 252 g/mol. The number of carbonyl (C=O) groups is 1. The Bertz CT molecular complexity index is 643. The summed E-state index contributed by atoms with van der Waals surface area (Å²) in [6.45, 7) is 0. The number of amides is 1. The van der Waals surface area contributed by atoms with Crippen LogP contribution in [0.2, 0.25) is 0 Å². The van der Waals surface area contributed by atoms with Crippen LogP contribution in [0, 0.1) is 0 Å². The van der Waals surface area contributed by atoms with Crippen LogP contribution in [0.5, 0.6) is 0 Å². The summed E-state index contributed by atoms with van der Waals surface area (Å²) >= 11 is 0. The summed E-state index contributed by atoms with van der Waals surface area (Å²) in [6, 6.07) is 9.40. The van der Waals surface area contributed by atoms with Crippen molar-refractivity contribution in [3.63, 3.8) is 0 Å². The van der Waals surface area contributed by atoms with E-state index in [1.54, 1.807) is 30.5 Å². The number of benzene rings is 1. The van der Waals surface area contributed by atoms with Gasteiger partial charge in [-0.05, 0) is 36.4 Å². The molecule has 0 aliphatic heterocycles. The summed E-state index contributed by atoms with van der Waals surface area (Å²) in [6.07, 6.45) is 2.79. The highest BCUT2D eigenvalue weighted by molar-refractivity contribution is 7.90. The van der Waals surface area contributed by atoms with Crippen LogP contribution in [0.3, 0.4) is 0 Å². The minimum Gasteiger partial charge on any atom is -0.357 e. The Balaban J connectivity index is 2.14. The summed E-state index contributed by atoms with van der Waals surface area (Å²) in [4.78, 5) is 14.7. The molecule has 1 amide bonds. The van der Waals surface area contributed by atoms with Crippen molar-refractivity contribution in [2.24, 2.45) is 0 Å². The zero-order valence-electron chi connectivity index (χ0n) is 9.67. The van der Waals surface area contributed by atoms with Gasteiger partial charge in [-0.2, -0.15) is 0 Å². The topological polar surface area (TPSA) is 79.0 Å². The summed E-state index contributed by atoms with van der Waals surface area (Å²) in [7, 11) is -3.21. The van der Waals surface area contributed by atoms with Crippen LogP contribution in [-0.4, -0.2) is 25.6 Å². The fraction of sp³-hybridized carbons (Fsp3) is 0.0833. The molecule has 1 heterocycles. The molecule has 6 heteroatoms. The fourth-order valence-corrected chi connectivity index (χ4v) is 2.09. The number of hydrogen-bond acceptors (Lipinski definition) is 3. The van der Waals surface area contributed by atoms with Crippen molar-refractivity contribution >= 4 is 21.4 Å². The SMILES string of the molecule is CS(=O)(=O)c1ccc(NC(=O)c2ccc[nH]2)cc1. The Morgan fingerprint density at radius 3 is 2.33 bits per heavy atom. The van der Waals surface area contributed by atoms with Gasteiger partial charge in [0.05, 0.1) is 4.90 Å². The van der Waals surface area contributed by atoms with E-state index in [1.165, 1.54) is 12.1 Å². The van der Waals surface area contributed by atoms with Gasteiger partial charge in [-0.15, -0.1) is 0 Å². The lowest BCUT2D eigenvalue weighted by atomic mass is 10.3. The zero-order valence-corrected chi connectivity index (χ0v) is 10.5. The van der Waals surface area contributed by atoms with Crippen molar-refractivity contribution in [2.75, 3.05) is 11.6 Å². The number of sulfone groups is 1. The van der Waals surface area contributed by atoms with E-state index in [2.05, 4.69) is 10.3 Å². The molecule has 0 aliphatic carbocycles. The molecule has 0 radical (unpaired) electrons. The minimum absolute atomic E-state index is 0.223. The van der Waals surface area contributed by atoms with Gasteiger partial charge in [0.15, 0.2) is 9.84 Å². The third-order valence-corrected chi connectivity index (χ3v) is 3.51. The maximum atomic E-state index is 11.7. The number of rotatable bonds is 3. The molecule has 0 fully saturated rings. The van der Waals surface area contributed by atoms with Crippen LogP contribution < -0.4 is 5.32 Å². The van der Waals surface area contributed by atoms with Gasteiger partial charge in [0.25, 0.3) is 5.91 Å². The second-order valence-electron chi connectivity index (χ2n) is 3.83. The molecule has 2 rings (SSSR count). The predicted molar refractivity (Wildman–Crippen MR) is 68.3 cm³/mol. The monoisotopic (exact) mass is 264 g/mol. The molecule has 18 heavy (non-hydrogen) atoms. The molecule has 94 valence electrons. The number of anilines is 1. The van der Waals surface area contributed by atoms with Gasteiger partial charge in [0.2, 0.25) is 0 Å². The van der Waals surface area contributed by atoms with Gasteiger partial charge in [-0.3, -0.25) is 4.79 Å². The van der Waals surface area contributed by atoms with Gasteiger partial charge >= 0.3 is 0 Å². The molecule has 0 saturated heterocycles. The van der Waals surface area contributed by atoms with E-state index in [0.29, 0.717) is 11.4 Å².